The number of hydrogen-bond acceptors (Lipinski definition) is 0. The van der Waals surface area contributed by atoms with E-state index in [9.17, 15) is 0 Å². The zero-order valence-electron chi connectivity index (χ0n) is 5.78. The van der Waals surface area contributed by atoms with Crippen LogP contribution < -0.4 is 0 Å². The molecule has 0 radical (unpaired) electrons. The van der Waals surface area contributed by atoms with Crippen molar-refractivity contribution >= 4 is 7.85 Å². The van der Waals surface area contributed by atoms with Crippen molar-refractivity contribution in [1.29, 1.82) is 0 Å². The van der Waals surface area contributed by atoms with Gasteiger partial charge in [-0.2, -0.15) is 0 Å². The second-order valence-electron chi connectivity index (χ2n) is 2.93. The van der Waals surface area contributed by atoms with E-state index in [4.69, 9.17) is 0 Å². The van der Waals surface area contributed by atoms with Crippen LogP contribution in [0.15, 0.2) is 11.5 Å². The Balaban J connectivity index is 2.42. The van der Waals surface area contributed by atoms with Crippen LogP contribution in [-0.4, -0.2) is 7.85 Å². The highest BCUT2D eigenvalue weighted by Gasteiger charge is 2.05. The fourth-order valence-corrected chi connectivity index (χ4v) is 1.10. The van der Waals surface area contributed by atoms with Gasteiger partial charge in [-0.15, -0.1) is 5.47 Å². The molecule has 0 saturated heterocycles. The minimum Gasteiger partial charge on any atom is -0.114 e. The van der Waals surface area contributed by atoms with Crippen molar-refractivity contribution in [3.8, 4) is 0 Å². The van der Waals surface area contributed by atoms with E-state index < -0.39 is 0 Å². The van der Waals surface area contributed by atoms with E-state index in [1.807, 2.05) is 0 Å². The maximum atomic E-state index is 2.37. The zero-order valence-corrected chi connectivity index (χ0v) is 5.78. The summed E-state index contributed by atoms with van der Waals surface area (Å²) in [6, 6.07) is 0. The molecule has 1 unspecified atom stereocenters. The Kier molecular flexibility index (Phi) is 1.77. The fraction of sp³-hybridized carbons (Fsp3) is 0.714. The van der Waals surface area contributed by atoms with E-state index in [1.165, 1.54) is 19.3 Å². The highest BCUT2D eigenvalue weighted by Crippen LogP contribution is 2.20. The van der Waals surface area contributed by atoms with Crippen molar-refractivity contribution in [2.24, 2.45) is 5.92 Å². The molecule has 0 amide bonds. The molecule has 8 heavy (non-hydrogen) atoms. The molecular formula is C7H13B. The maximum absolute atomic E-state index is 2.37. The molecule has 0 heterocycles. The molecule has 0 aromatic rings. The highest BCUT2D eigenvalue weighted by atomic mass is 14.1. The van der Waals surface area contributed by atoms with Gasteiger partial charge in [0.15, 0.2) is 0 Å². The molecule has 0 nitrogen and oxygen atoms in total. The van der Waals surface area contributed by atoms with Crippen molar-refractivity contribution < 1.29 is 0 Å². The average molecular weight is 108 g/mol. The van der Waals surface area contributed by atoms with E-state index in [-0.39, 0.29) is 0 Å². The summed E-state index contributed by atoms with van der Waals surface area (Å²) in [7, 11) is 2.23. The van der Waals surface area contributed by atoms with Crippen LogP contribution in [0, 0.1) is 5.92 Å². The van der Waals surface area contributed by atoms with Crippen LogP contribution in [0.4, 0.5) is 0 Å². The predicted molar refractivity (Wildman–Crippen MR) is 39.6 cm³/mol. The van der Waals surface area contributed by atoms with Crippen molar-refractivity contribution in [2.45, 2.75) is 26.2 Å². The van der Waals surface area contributed by atoms with Gasteiger partial charge in [0.25, 0.3) is 0 Å². The van der Waals surface area contributed by atoms with Crippen LogP contribution in [0.25, 0.3) is 0 Å². The summed E-state index contributed by atoms with van der Waals surface area (Å²) in [4.78, 5) is 0. The Hall–Kier alpha value is -0.195. The highest BCUT2D eigenvalue weighted by molar-refractivity contribution is 6.21. The first-order valence-electron chi connectivity index (χ1n) is 3.44. The summed E-state index contributed by atoms with van der Waals surface area (Å²) < 4.78 is 0. The molecule has 0 fully saturated rings. The first-order chi connectivity index (χ1) is 3.79. The summed E-state index contributed by atoms with van der Waals surface area (Å²) in [6.07, 6.45) is 6.42. The number of allylic oxidation sites excluding steroid dienone is 2. The van der Waals surface area contributed by atoms with Crippen LogP contribution in [0.3, 0.4) is 0 Å². The van der Waals surface area contributed by atoms with Gasteiger partial charge in [0.05, 0.1) is 0 Å². The van der Waals surface area contributed by atoms with Gasteiger partial charge in [0.2, 0.25) is 0 Å². The Labute approximate surface area is 52.4 Å². The number of rotatable bonds is 0. The van der Waals surface area contributed by atoms with E-state index >= 15 is 0 Å². The van der Waals surface area contributed by atoms with Crippen LogP contribution in [0.1, 0.15) is 26.2 Å². The quantitative estimate of drug-likeness (QED) is 0.410. The van der Waals surface area contributed by atoms with Gasteiger partial charge >= 0.3 is 0 Å². The lowest BCUT2D eigenvalue weighted by Crippen LogP contribution is -2.00. The van der Waals surface area contributed by atoms with E-state index in [2.05, 4.69) is 20.8 Å². The summed E-state index contributed by atoms with van der Waals surface area (Å²) in [5, 5.41) is 0. The summed E-state index contributed by atoms with van der Waals surface area (Å²) in [5.41, 5.74) is 1.59. The van der Waals surface area contributed by atoms with Gasteiger partial charge in [-0.3, -0.25) is 0 Å². The van der Waals surface area contributed by atoms with E-state index in [1.54, 1.807) is 5.47 Å². The third-order valence-corrected chi connectivity index (χ3v) is 1.90. The first-order valence-corrected chi connectivity index (χ1v) is 3.44. The van der Waals surface area contributed by atoms with E-state index in [0.717, 1.165) is 5.92 Å². The van der Waals surface area contributed by atoms with Gasteiger partial charge in [0, 0.05) is 0 Å². The third-order valence-electron chi connectivity index (χ3n) is 1.90. The molecule has 1 atom stereocenters. The largest absolute Gasteiger partial charge is 0.133 e. The minimum atomic E-state index is 0.943. The molecule has 1 heteroatoms. The molecule has 0 saturated carbocycles. The maximum Gasteiger partial charge on any atom is 0.133 e. The average Bonchev–Trinajstić information content (AvgIpc) is 1.77. The molecular weight excluding hydrogens is 94.9 g/mol. The predicted octanol–water partition coefficient (Wildman–Crippen LogP) is 1.32. The second-order valence-corrected chi connectivity index (χ2v) is 2.93. The summed E-state index contributed by atoms with van der Waals surface area (Å²) >= 11 is 0. The van der Waals surface area contributed by atoms with Gasteiger partial charge < -0.3 is 0 Å². The van der Waals surface area contributed by atoms with E-state index in [0.29, 0.717) is 0 Å². The molecule has 0 aromatic carbocycles. The molecule has 0 bridgehead atoms. The molecule has 0 N–H and O–H groups in total. The normalized spacial score (nSPS) is 29.6. The molecule has 0 aromatic heterocycles. The molecule has 1 rings (SSSR count). The first kappa shape index (κ1) is 5.93. The molecule has 0 aliphatic heterocycles. The Bertz CT molecular complexity index is 105. The second kappa shape index (κ2) is 2.39. The monoisotopic (exact) mass is 108 g/mol. The zero-order chi connectivity index (χ0) is 5.98. The van der Waals surface area contributed by atoms with Gasteiger partial charge in [-0.05, 0) is 25.2 Å². The third kappa shape index (κ3) is 1.39. The van der Waals surface area contributed by atoms with Crippen molar-refractivity contribution in [1.82, 2.24) is 0 Å². The topological polar surface area (TPSA) is 0 Å². The van der Waals surface area contributed by atoms with Crippen molar-refractivity contribution in [2.75, 3.05) is 0 Å². The van der Waals surface area contributed by atoms with Gasteiger partial charge in [-0.25, -0.2) is 0 Å². The summed E-state index contributed by atoms with van der Waals surface area (Å²) in [5.74, 6) is 0.943. The lowest BCUT2D eigenvalue weighted by atomic mass is 9.81. The summed E-state index contributed by atoms with van der Waals surface area (Å²) in [6.45, 7) is 2.32. The lowest BCUT2D eigenvalue weighted by Gasteiger charge is -2.14. The lowest BCUT2D eigenvalue weighted by molar-refractivity contribution is 0.523. The van der Waals surface area contributed by atoms with Crippen LogP contribution >= 0.6 is 0 Å². The molecule has 44 valence electrons. The van der Waals surface area contributed by atoms with Gasteiger partial charge in [0.1, 0.15) is 7.85 Å². The standard InChI is InChI=1S/C7H13B/c1-6-2-4-7(8)5-3-6/h4,6H,2-3,5,8H2,1H3. The van der Waals surface area contributed by atoms with Crippen molar-refractivity contribution in [3.05, 3.63) is 11.5 Å². The molecule has 1 aliphatic carbocycles. The Morgan fingerprint density at radius 1 is 1.75 bits per heavy atom. The Morgan fingerprint density at radius 2 is 2.50 bits per heavy atom. The smallest absolute Gasteiger partial charge is 0.114 e. The van der Waals surface area contributed by atoms with Crippen LogP contribution in [0.2, 0.25) is 0 Å². The fourth-order valence-electron chi connectivity index (χ4n) is 1.10. The van der Waals surface area contributed by atoms with Gasteiger partial charge in [-0.1, -0.05) is 13.0 Å². The Morgan fingerprint density at radius 3 is 2.88 bits per heavy atom. The van der Waals surface area contributed by atoms with Crippen LogP contribution in [0.5, 0.6) is 0 Å². The number of hydrogen-bond donors (Lipinski definition) is 0. The minimum absolute atomic E-state index is 0.943. The molecule has 0 spiro atoms. The van der Waals surface area contributed by atoms with Crippen molar-refractivity contribution in [3.63, 3.8) is 0 Å². The van der Waals surface area contributed by atoms with Crippen LogP contribution in [-0.2, 0) is 0 Å². The molecule has 1 aliphatic rings. The SMILES string of the molecule is BC1=CCC(C)CC1.